The molecule has 2 atom stereocenters. The van der Waals surface area contributed by atoms with Gasteiger partial charge in [-0.25, -0.2) is 9.59 Å². The maximum absolute atomic E-state index is 13.1. The fraction of sp³-hybridized carbons (Fsp3) is 0.194. The molecular weight excluding hydrogens is 558 g/mol. The molecule has 0 aliphatic carbocycles. The number of nitrogens with one attached hydrogen (secondary N) is 2. The van der Waals surface area contributed by atoms with E-state index in [2.05, 4.69) is 15.7 Å². The third-order valence-corrected chi connectivity index (χ3v) is 7.31. The van der Waals surface area contributed by atoms with Crippen molar-refractivity contribution in [3.05, 3.63) is 106 Å². The van der Waals surface area contributed by atoms with Crippen LogP contribution in [0.15, 0.2) is 72.8 Å². The van der Waals surface area contributed by atoms with Crippen LogP contribution in [0.3, 0.4) is 0 Å². The van der Waals surface area contributed by atoms with Crippen molar-refractivity contribution in [3.63, 3.8) is 0 Å². The number of nitrogens with zero attached hydrogens (tertiary/aromatic N) is 3. The second-order valence-corrected chi connectivity index (χ2v) is 10.2. The maximum atomic E-state index is 13.1. The lowest BCUT2D eigenvalue weighted by molar-refractivity contribution is -0.144. The van der Waals surface area contributed by atoms with Gasteiger partial charge in [-0.1, -0.05) is 54.1 Å². The summed E-state index contributed by atoms with van der Waals surface area (Å²) < 4.78 is 7.16. The summed E-state index contributed by atoms with van der Waals surface area (Å²) >= 11 is 6.23. The molecular formula is C31H28ClN5O5. The van der Waals surface area contributed by atoms with Crippen molar-refractivity contribution in [3.8, 4) is 17.3 Å². The second kappa shape index (κ2) is 12.2. The molecule has 0 fully saturated rings. The zero-order valence-corrected chi connectivity index (χ0v) is 24.1. The Hall–Kier alpha value is -5.14. The summed E-state index contributed by atoms with van der Waals surface area (Å²) in [4.78, 5) is 38.1. The summed E-state index contributed by atoms with van der Waals surface area (Å²) in [7, 11) is 1.73. The molecule has 0 spiro atoms. The van der Waals surface area contributed by atoms with Crippen LogP contribution in [0.25, 0.3) is 11.3 Å². The molecule has 0 aliphatic heterocycles. The number of halogens is 1. The molecule has 0 saturated heterocycles. The maximum Gasteiger partial charge on any atom is 0.412 e. The van der Waals surface area contributed by atoms with E-state index in [4.69, 9.17) is 16.3 Å². The van der Waals surface area contributed by atoms with Crippen molar-refractivity contribution in [1.82, 2.24) is 15.1 Å². The number of anilines is 1. The lowest BCUT2D eigenvalue weighted by Gasteiger charge is -2.27. The molecule has 1 heterocycles. The predicted molar refractivity (Wildman–Crippen MR) is 157 cm³/mol. The Balaban J connectivity index is 1.54. The van der Waals surface area contributed by atoms with E-state index in [1.165, 1.54) is 31.2 Å². The molecule has 10 nitrogen and oxygen atoms in total. The number of nitriles is 1. The number of aliphatic carboxylic acids is 1. The van der Waals surface area contributed by atoms with E-state index in [0.717, 1.165) is 0 Å². The van der Waals surface area contributed by atoms with Gasteiger partial charge in [0.05, 0.1) is 23.0 Å². The summed E-state index contributed by atoms with van der Waals surface area (Å²) in [6, 6.07) is 21.5. The first kappa shape index (κ1) is 29.8. The third kappa shape index (κ3) is 6.11. The largest absolute Gasteiger partial charge is 0.479 e. The first-order valence-electron chi connectivity index (χ1n) is 12.9. The molecule has 3 N–H and O–H groups in total. The Bertz CT molecular complexity index is 1710. The van der Waals surface area contributed by atoms with E-state index in [1.54, 1.807) is 74.1 Å². The molecule has 2 amide bonds. The molecule has 0 radical (unpaired) electrons. The van der Waals surface area contributed by atoms with Crippen molar-refractivity contribution in [1.29, 1.82) is 5.26 Å². The van der Waals surface area contributed by atoms with Crippen LogP contribution in [0.2, 0.25) is 5.02 Å². The van der Waals surface area contributed by atoms with E-state index >= 15 is 0 Å². The summed E-state index contributed by atoms with van der Waals surface area (Å²) in [6.45, 7) is 4.87. The standard InChI is InChI=1S/C31H28ClN5O5/c1-18-26(34-30(41)42-19(2)24-10-5-6-11-25(24)32)27(36-37(18)4)21-12-14-22(15-13-21)28(38)35-31(3,29(39)40)23-9-7-8-20(16-23)17-33/h5-16,19H,1-4H3,(H,34,41)(H,35,38)(H,39,40). The Morgan fingerprint density at radius 1 is 1.10 bits per heavy atom. The first-order valence-corrected chi connectivity index (χ1v) is 13.2. The van der Waals surface area contributed by atoms with Crippen molar-refractivity contribution in [2.45, 2.75) is 32.4 Å². The zero-order valence-electron chi connectivity index (χ0n) is 23.3. The van der Waals surface area contributed by atoms with E-state index in [1.807, 2.05) is 6.07 Å². The Morgan fingerprint density at radius 2 is 1.79 bits per heavy atom. The minimum atomic E-state index is -1.78. The van der Waals surface area contributed by atoms with Crippen molar-refractivity contribution in [2.24, 2.45) is 7.05 Å². The molecule has 0 bridgehead atoms. The van der Waals surface area contributed by atoms with Gasteiger partial charge in [0, 0.05) is 28.8 Å². The quantitative estimate of drug-likeness (QED) is 0.231. The molecule has 2 unspecified atom stereocenters. The Labute approximate surface area is 247 Å². The zero-order chi connectivity index (χ0) is 30.6. The van der Waals surface area contributed by atoms with Gasteiger partial charge in [0.25, 0.3) is 5.91 Å². The Kier molecular flexibility index (Phi) is 8.64. The van der Waals surface area contributed by atoms with Crippen molar-refractivity contribution in [2.75, 3.05) is 5.32 Å². The minimum Gasteiger partial charge on any atom is -0.479 e. The summed E-state index contributed by atoms with van der Waals surface area (Å²) in [6.07, 6.45) is -1.29. The average Bonchev–Trinajstić information content (AvgIpc) is 3.25. The monoisotopic (exact) mass is 585 g/mol. The van der Waals surface area contributed by atoms with Gasteiger partial charge in [0.1, 0.15) is 11.8 Å². The number of aromatic nitrogens is 2. The van der Waals surface area contributed by atoms with Gasteiger partial charge in [0.2, 0.25) is 0 Å². The number of aryl methyl sites for hydroxylation is 1. The lowest BCUT2D eigenvalue weighted by atomic mass is 9.90. The number of carbonyl (C=O) groups is 3. The van der Waals surface area contributed by atoms with E-state index in [0.29, 0.717) is 33.2 Å². The van der Waals surface area contributed by atoms with Crippen LogP contribution < -0.4 is 10.6 Å². The minimum absolute atomic E-state index is 0.206. The highest BCUT2D eigenvalue weighted by atomic mass is 35.5. The highest BCUT2D eigenvalue weighted by molar-refractivity contribution is 6.31. The molecule has 1 aromatic heterocycles. The molecule has 42 heavy (non-hydrogen) atoms. The van der Waals surface area contributed by atoms with Gasteiger partial charge in [-0.15, -0.1) is 0 Å². The number of benzene rings is 3. The fourth-order valence-corrected chi connectivity index (χ4v) is 4.64. The number of carboxylic acids is 1. The highest BCUT2D eigenvalue weighted by Gasteiger charge is 2.37. The van der Waals surface area contributed by atoms with Crippen LogP contribution in [0.5, 0.6) is 0 Å². The second-order valence-electron chi connectivity index (χ2n) is 9.78. The third-order valence-electron chi connectivity index (χ3n) is 6.97. The SMILES string of the molecule is Cc1c(NC(=O)OC(C)c2ccccc2Cl)c(-c2ccc(C(=O)NC(C)(C(=O)O)c3cccc(C#N)c3)cc2)nn1C. The first-order chi connectivity index (χ1) is 19.9. The van der Waals surface area contributed by atoms with E-state index < -0.39 is 29.6 Å². The van der Waals surface area contributed by atoms with E-state index in [-0.39, 0.29) is 16.7 Å². The molecule has 4 aromatic rings. The summed E-state index contributed by atoms with van der Waals surface area (Å²) in [5, 5.41) is 29.5. The van der Waals surface area contributed by atoms with Crippen LogP contribution in [0.4, 0.5) is 10.5 Å². The molecule has 214 valence electrons. The van der Waals surface area contributed by atoms with Crippen molar-refractivity contribution >= 4 is 35.3 Å². The van der Waals surface area contributed by atoms with Gasteiger partial charge < -0.3 is 15.2 Å². The van der Waals surface area contributed by atoms with Gasteiger partial charge >= 0.3 is 12.1 Å². The number of hydrogen-bond acceptors (Lipinski definition) is 6. The Morgan fingerprint density at radius 3 is 2.43 bits per heavy atom. The van der Waals surface area contributed by atoms with Crippen LogP contribution in [0.1, 0.15) is 52.7 Å². The topological polar surface area (TPSA) is 146 Å². The smallest absolute Gasteiger partial charge is 0.412 e. The van der Waals surface area contributed by atoms with Crippen LogP contribution >= 0.6 is 11.6 Å². The van der Waals surface area contributed by atoms with Crippen LogP contribution in [-0.2, 0) is 22.1 Å². The van der Waals surface area contributed by atoms with Gasteiger partial charge in [-0.2, -0.15) is 10.4 Å². The van der Waals surface area contributed by atoms with Gasteiger partial charge in [0.15, 0.2) is 5.54 Å². The summed E-state index contributed by atoms with van der Waals surface area (Å²) in [5.41, 5.74) is 1.79. The fourth-order valence-electron chi connectivity index (χ4n) is 4.35. The van der Waals surface area contributed by atoms with Crippen LogP contribution in [0, 0.1) is 18.3 Å². The number of amides is 2. The normalized spacial score (nSPS) is 12.9. The molecule has 11 heteroatoms. The van der Waals surface area contributed by atoms with Gasteiger partial charge in [-0.3, -0.25) is 14.8 Å². The number of carboxylic acid groups (broad SMARTS) is 1. The predicted octanol–water partition coefficient (Wildman–Crippen LogP) is 5.96. The van der Waals surface area contributed by atoms with Crippen LogP contribution in [-0.4, -0.2) is 32.9 Å². The number of ether oxygens (including phenoxy) is 1. The molecule has 0 aliphatic rings. The molecule has 4 rings (SSSR count). The van der Waals surface area contributed by atoms with Crippen molar-refractivity contribution < 1.29 is 24.2 Å². The lowest BCUT2D eigenvalue weighted by Crippen LogP contribution is -2.49. The number of hydrogen-bond donors (Lipinski definition) is 3. The number of carbonyl (C=O) groups excluding carboxylic acids is 2. The van der Waals surface area contributed by atoms with Gasteiger partial charge in [-0.05, 0) is 56.7 Å². The summed E-state index contributed by atoms with van der Waals surface area (Å²) in [5.74, 6) is -1.90. The number of rotatable bonds is 8. The highest BCUT2D eigenvalue weighted by Crippen LogP contribution is 2.32. The average molecular weight is 586 g/mol. The molecule has 3 aromatic carbocycles. The molecule has 0 saturated carbocycles. The van der Waals surface area contributed by atoms with E-state index in [9.17, 15) is 24.8 Å².